The highest BCUT2D eigenvalue weighted by Crippen LogP contribution is 2.17. The molecule has 0 saturated heterocycles. The van der Waals surface area contributed by atoms with Crippen LogP contribution < -0.4 is 0 Å². The van der Waals surface area contributed by atoms with Crippen LogP contribution in [0, 0.1) is 0 Å². The number of rotatable bonds is 4. The van der Waals surface area contributed by atoms with Crippen LogP contribution in [-0.4, -0.2) is 18.5 Å². The van der Waals surface area contributed by atoms with Crippen LogP contribution in [0.15, 0.2) is 48.2 Å². The number of benzene rings is 1. The predicted molar refractivity (Wildman–Crippen MR) is 65.8 cm³/mol. The van der Waals surface area contributed by atoms with Gasteiger partial charge in [0.1, 0.15) is 0 Å². The summed E-state index contributed by atoms with van der Waals surface area (Å²) < 4.78 is 0. The molecule has 1 heteroatoms. The number of hydrogen-bond acceptors (Lipinski definition) is 1. The molecule has 0 amide bonds. The lowest BCUT2D eigenvalue weighted by Crippen LogP contribution is -2.22. The number of hydrogen-bond donors (Lipinski definition) is 0. The fraction of sp³-hybridized carbons (Fsp3) is 0.357. The Balaban J connectivity index is 2.60. The molecule has 0 unspecified atom stereocenters. The lowest BCUT2D eigenvalue weighted by Gasteiger charge is -2.23. The summed E-state index contributed by atoms with van der Waals surface area (Å²) in [5, 5.41) is 0. The van der Waals surface area contributed by atoms with E-state index in [1.807, 2.05) is 13.0 Å². The van der Waals surface area contributed by atoms with Crippen molar-refractivity contribution in [2.75, 3.05) is 13.6 Å². The van der Waals surface area contributed by atoms with Gasteiger partial charge in [-0.1, -0.05) is 30.3 Å². The summed E-state index contributed by atoms with van der Waals surface area (Å²) in [5.41, 5.74) is 4.45. The monoisotopic (exact) mass is 201 g/mol. The Morgan fingerprint density at radius 1 is 1.33 bits per heavy atom. The smallest absolute Gasteiger partial charge is 0.0320 e. The van der Waals surface area contributed by atoms with E-state index in [1.54, 1.807) is 0 Å². The molecule has 1 aromatic rings. The molecule has 0 aliphatic heterocycles. The minimum atomic E-state index is 0.445. The molecule has 0 aromatic heterocycles. The highest BCUT2D eigenvalue weighted by molar-refractivity contribution is 5.18. The van der Waals surface area contributed by atoms with Crippen LogP contribution in [-0.2, 0) is 0 Å². The zero-order valence-electron chi connectivity index (χ0n) is 9.77. The van der Waals surface area contributed by atoms with Gasteiger partial charge in [-0.2, -0.15) is 0 Å². The Labute approximate surface area is 92.7 Å². The molecule has 0 aliphatic rings. The minimum absolute atomic E-state index is 0.445. The first-order chi connectivity index (χ1) is 7.25. The van der Waals surface area contributed by atoms with Gasteiger partial charge in [-0.05, 0) is 38.6 Å². The van der Waals surface area contributed by atoms with E-state index in [-0.39, 0.29) is 0 Å². The fourth-order valence-corrected chi connectivity index (χ4v) is 1.46. The summed E-state index contributed by atoms with van der Waals surface area (Å²) in [6.07, 6.45) is 3.99. The molecular formula is C14H19N. The van der Waals surface area contributed by atoms with Crippen LogP contribution in [0.25, 0.3) is 0 Å². The molecule has 0 fully saturated rings. The van der Waals surface area contributed by atoms with Crippen molar-refractivity contribution in [2.24, 2.45) is 0 Å². The Kier molecular flexibility index (Phi) is 4.89. The molecular weight excluding hydrogens is 182 g/mol. The lowest BCUT2D eigenvalue weighted by molar-refractivity contribution is 0.290. The van der Waals surface area contributed by atoms with E-state index < -0.39 is 0 Å². The highest BCUT2D eigenvalue weighted by Gasteiger charge is 2.08. The summed E-state index contributed by atoms with van der Waals surface area (Å²) in [7, 11) is 2.13. The van der Waals surface area contributed by atoms with Gasteiger partial charge in [0.05, 0.1) is 0 Å². The summed E-state index contributed by atoms with van der Waals surface area (Å²) in [4.78, 5) is 2.30. The average Bonchev–Trinajstić information content (AvgIpc) is 2.29. The second-order valence-corrected chi connectivity index (χ2v) is 3.69. The van der Waals surface area contributed by atoms with Gasteiger partial charge in [-0.15, -0.1) is 5.73 Å². The largest absolute Gasteiger partial charge is 0.295 e. The van der Waals surface area contributed by atoms with E-state index in [0.717, 1.165) is 6.54 Å². The zero-order chi connectivity index (χ0) is 11.1. The molecule has 1 rings (SSSR count). The van der Waals surface area contributed by atoms with Crippen molar-refractivity contribution in [1.82, 2.24) is 4.90 Å². The Morgan fingerprint density at radius 2 is 2.00 bits per heavy atom. The van der Waals surface area contributed by atoms with Crippen molar-refractivity contribution in [1.29, 1.82) is 0 Å². The Hall–Kier alpha value is -1.30. The molecule has 0 aliphatic carbocycles. The van der Waals surface area contributed by atoms with E-state index in [9.17, 15) is 0 Å². The molecule has 0 bridgehead atoms. The van der Waals surface area contributed by atoms with Gasteiger partial charge in [0.15, 0.2) is 0 Å². The maximum atomic E-state index is 3.09. The lowest BCUT2D eigenvalue weighted by atomic mass is 10.1. The molecule has 0 radical (unpaired) electrons. The van der Waals surface area contributed by atoms with Crippen LogP contribution in [0.3, 0.4) is 0 Å². The van der Waals surface area contributed by atoms with Gasteiger partial charge >= 0.3 is 0 Å². The Bertz CT molecular complexity index is 334. The minimum Gasteiger partial charge on any atom is -0.295 e. The van der Waals surface area contributed by atoms with E-state index in [1.165, 1.54) is 5.56 Å². The van der Waals surface area contributed by atoms with Gasteiger partial charge < -0.3 is 0 Å². The summed E-state index contributed by atoms with van der Waals surface area (Å²) in [6, 6.07) is 11.0. The van der Waals surface area contributed by atoms with Crippen LogP contribution in [0.5, 0.6) is 0 Å². The third-order valence-corrected chi connectivity index (χ3v) is 2.61. The molecule has 80 valence electrons. The molecule has 0 saturated carbocycles. The van der Waals surface area contributed by atoms with Gasteiger partial charge in [0.25, 0.3) is 0 Å². The van der Waals surface area contributed by atoms with Gasteiger partial charge in [-0.3, -0.25) is 4.90 Å². The quantitative estimate of drug-likeness (QED) is 0.675. The number of nitrogens with zero attached hydrogens (tertiary/aromatic N) is 1. The second kappa shape index (κ2) is 6.23. The van der Waals surface area contributed by atoms with Crippen LogP contribution in [0.4, 0.5) is 0 Å². The van der Waals surface area contributed by atoms with Crippen LogP contribution >= 0.6 is 0 Å². The van der Waals surface area contributed by atoms with Crippen molar-refractivity contribution in [3.8, 4) is 0 Å². The molecule has 15 heavy (non-hydrogen) atoms. The fourth-order valence-electron chi connectivity index (χ4n) is 1.46. The zero-order valence-corrected chi connectivity index (χ0v) is 9.77. The predicted octanol–water partition coefficient (Wildman–Crippen LogP) is 3.41. The van der Waals surface area contributed by atoms with Crippen molar-refractivity contribution in [3.05, 3.63) is 53.8 Å². The van der Waals surface area contributed by atoms with Crippen LogP contribution in [0.2, 0.25) is 0 Å². The number of likely N-dealkylation sites (N-methyl/N-ethyl adjacent to an activating group) is 1. The normalized spacial score (nSPS) is 12.0. The third kappa shape index (κ3) is 3.75. The van der Waals surface area contributed by atoms with Crippen molar-refractivity contribution < 1.29 is 0 Å². The van der Waals surface area contributed by atoms with E-state index in [2.05, 4.69) is 61.0 Å². The van der Waals surface area contributed by atoms with Crippen molar-refractivity contribution >= 4 is 0 Å². The van der Waals surface area contributed by atoms with Crippen LogP contribution in [0.1, 0.15) is 25.5 Å². The first-order valence-electron chi connectivity index (χ1n) is 5.36. The summed E-state index contributed by atoms with van der Waals surface area (Å²) in [5.74, 6) is 0. The highest BCUT2D eigenvalue weighted by atomic mass is 15.1. The molecule has 1 aromatic carbocycles. The van der Waals surface area contributed by atoms with Crippen molar-refractivity contribution in [2.45, 2.75) is 19.9 Å². The van der Waals surface area contributed by atoms with E-state index in [0.29, 0.717) is 6.04 Å². The third-order valence-electron chi connectivity index (χ3n) is 2.61. The van der Waals surface area contributed by atoms with E-state index in [4.69, 9.17) is 0 Å². The molecule has 0 spiro atoms. The molecule has 0 N–H and O–H groups in total. The molecule has 0 heterocycles. The summed E-state index contributed by atoms with van der Waals surface area (Å²) in [6.45, 7) is 5.14. The first kappa shape index (κ1) is 11.8. The molecule has 1 nitrogen and oxygen atoms in total. The standard InChI is InChI=1S/C14H19N/c1-4-5-9-12-15(3)13(2)14-10-7-6-8-11-14/h4,6-11,13H,12H2,1-3H3/t5?,13-/m1/s1. The van der Waals surface area contributed by atoms with Gasteiger partial charge in [0.2, 0.25) is 0 Å². The first-order valence-corrected chi connectivity index (χ1v) is 5.36. The average molecular weight is 201 g/mol. The SMILES string of the molecule is CC=C=CCN(C)[C@H](C)c1ccccc1. The molecule has 1 atom stereocenters. The summed E-state index contributed by atoms with van der Waals surface area (Å²) >= 11 is 0. The maximum Gasteiger partial charge on any atom is 0.0320 e. The Morgan fingerprint density at radius 3 is 2.60 bits per heavy atom. The maximum absolute atomic E-state index is 3.09. The van der Waals surface area contributed by atoms with Gasteiger partial charge in [0, 0.05) is 12.6 Å². The van der Waals surface area contributed by atoms with E-state index >= 15 is 0 Å². The second-order valence-electron chi connectivity index (χ2n) is 3.69. The van der Waals surface area contributed by atoms with Crippen molar-refractivity contribution in [3.63, 3.8) is 0 Å². The topological polar surface area (TPSA) is 3.24 Å². The van der Waals surface area contributed by atoms with Gasteiger partial charge in [-0.25, -0.2) is 0 Å².